The second-order valence-electron chi connectivity index (χ2n) is 11.3. The molecule has 1 nitrogen and oxygen atoms in total. The van der Waals surface area contributed by atoms with Crippen LogP contribution in [0.4, 0.5) is 0 Å². The van der Waals surface area contributed by atoms with Crippen LogP contribution in [-0.4, -0.2) is 5.78 Å². The first-order chi connectivity index (χ1) is 15.3. The van der Waals surface area contributed by atoms with E-state index in [2.05, 4.69) is 24.3 Å². The smallest absolute Gasteiger partial charge is 0.163 e. The van der Waals surface area contributed by atoms with Crippen molar-refractivity contribution >= 4 is 5.78 Å². The van der Waals surface area contributed by atoms with Crippen LogP contribution in [0.25, 0.3) is 11.1 Å². The average Bonchev–Trinajstić information content (AvgIpc) is 3.32. The summed E-state index contributed by atoms with van der Waals surface area (Å²) in [6.45, 7) is 0. The number of hydrogen-bond donors (Lipinski definition) is 0. The Morgan fingerprint density at radius 3 is 2.26 bits per heavy atom. The highest BCUT2D eigenvalue weighted by Gasteiger charge is 2.50. The van der Waals surface area contributed by atoms with Crippen LogP contribution >= 0.6 is 0 Å². The lowest BCUT2D eigenvalue weighted by Crippen LogP contribution is -2.05. The zero-order valence-corrected chi connectivity index (χ0v) is 18.8. The molecule has 5 aliphatic carbocycles. The lowest BCUT2D eigenvalue weighted by Gasteiger charge is -2.19. The van der Waals surface area contributed by atoms with E-state index in [1.807, 2.05) is 0 Å². The Bertz CT molecular complexity index is 1080. The summed E-state index contributed by atoms with van der Waals surface area (Å²) < 4.78 is 0. The molecule has 31 heavy (non-hydrogen) atoms. The van der Waals surface area contributed by atoms with E-state index in [0.717, 1.165) is 17.9 Å². The van der Waals surface area contributed by atoms with E-state index in [1.165, 1.54) is 88.2 Å². The van der Waals surface area contributed by atoms with Gasteiger partial charge in [0, 0.05) is 17.9 Å². The summed E-state index contributed by atoms with van der Waals surface area (Å²) in [5, 5.41) is 0. The molecule has 1 heteroatoms. The van der Waals surface area contributed by atoms with Crippen molar-refractivity contribution < 1.29 is 4.79 Å². The maximum absolute atomic E-state index is 12.6. The SMILES string of the molecule is O=C1CCc2c1ccc1c2-c2c(ccc3c2CCC32CC2)C1CCC1CCCCCC1. The molecule has 1 spiro atoms. The van der Waals surface area contributed by atoms with Crippen molar-refractivity contribution in [3.63, 3.8) is 0 Å². The van der Waals surface area contributed by atoms with Crippen molar-refractivity contribution in [2.24, 2.45) is 5.92 Å². The highest BCUT2D eigenvalue weighted by Crippen LogP contribution is 2.61. The third kappa shape index (κ3) is 2.71. The largest absolute Gasteiger partial charge is 0.294 e. The van der Waals surface area contributed by atoms with Crippen LogP contribution in [0.3, 0.4) is 0 Å². The van der Waals surface area contributed by atoms with Gasteiger partial charge in [-0.2, -0.15) is 0 Å². The Balaban J connectivity index is 1.33. The van der Waals surface area contributed by atoms with Crippen LogP contribution in [0.5, 0.6) is 0 Å². The van der Waals surface area contributed by atoms with E-state index >= 15 is 0 Å². The minimum atomic E-state index is 0.368. The van der Waals surface area contributed by atoms with E-state index < -0.39 is 0 Å². The quantitative estimate of drug-likeness (QED) is 0.475. The number of ketones is 1. The molecule has 2 fully saturated rings. The van der Waals surface area contributed by atoms with Crippen LogP contribution in [0.2, 0.25) is 0 Å². The van der Waals surface area contributed by atoms with Gasteiger partial charge < -0.3 is 0 Å². The van der Waals surface area contributed by atoms with Crippen molar-refractivity contribution in [3.05, 3.63) is 57.6 Å². The Labute approximate surface area is 186 Å². The number of benzene rings is 2. The van der Waals surface area contributed by atoms with Crippen molar-refractivity contribution in [3.8, 4) is 11.1 Å². The van der Waals surface area contributed by atoms with Gasteiger partial charge in [0.1, 0.15) is 0 Å². The Kier molecular flexibility index (Phi) is 4.09. The van der Waals surface area contributed by atoms with Gasteiger partial charge in [-0.25, -0.2) is 0 Å². The standard InChI is InChI=1S/C30H34O/c31-27-14-12-24-21(27)9-10-22-20(8-7-19-5-3-1-2-4-6-19)23-11-13-26-25(29(23)28(22)24)15-16-30(26)17-18-30/h9-11,13,19-20H,1-8,12,14-18H2. The molecule has 0 N–H and O–H groups in total. The monoisotopic (exact) mass is 410 g/mol. The molecule has 160 valence electrons. The average molecular weight is 411 g/mol. The number of carbonyl (C=O) groups is 1. The molecule has 0 bridgehead atoms. The molecule has 0 amide bonds. The number of Topliss-reactive ketones (excluding diaryl/α,β-unsaturated/α-hetero) is 1. The highest BCUT2D eigenvalue weighted by atomic mass is 16.1. The summed E-state index contributed by atoms with van der Waals surface area (Å²) in [6, 6.07) is 9.56. The van der Waals surface area contributed by atoms with E-state index in [1.54, 1.807) is 27.8 Å². The van der Waals surface area contributed by atoms with Gasteiger partial charge in [0.2, 0.25) is 0 Å². The molecule has 7 rings (SSSR count). The molecule has 1 atom stereocenters. The van der Waals surface area contributed by atoms with Crippen LogP contribution in [0, 0.1) is 5.92 Å². The van der Waals surface area contributed by atoms with Gasteiger partial charge in [0.05, 0.1) is 0 Å². The van der Waals surface area contributed by atoms with Crippen LogP contribution in [0.1, 0.15) is 121 Å². The maximum atomic E-state index is 12.6. The fourth-order valence-corrected chi connectivity index (χ4v) is 7.86. The molecule has 2 aromatic carbocycles. The van der Waals surface area contributed by atoms with Crippen molar-refractivity contribution in [2.75, 3.05) is 0 Å². The molecule has 0 aliphatic heterocycles. The van der Waals surface area contributed by atoms with Gasteiger partial charge in [0.15, 0.2) is 5.78 Å². The molecule has 0 saturated heterocycles. The molecule has 0 heterocycles. The third-order valence-corrected chi connectivity index (χ3v) is 9.71. The lowest BCUT2D eigenvalue weighted by molar-refractivity contribution is 0.0994. The first-order valence-electron chi connectivity index (χ1n) is 13.1. The third-order valence-electron chi connectivity index (χ3n) is 9.71. The molecule has 0 aromatic heterocycles. The lowest BCUT2D eigenvalue weighted by atomic mass is 9.85. The fourth-order valence-electron chi connectivity index (χ4n) is 7.86. The summed E-state index contributed by atoms with van der Waals surface area (Å²) in [4.78, 5) is 12.6. The van der Waals surface area contributed by atoms with Gasteiger partial charge in [-0.1, -0.05) is 62.8 Å². The van der Waals surface area contributed by atoms with E-state index in [0.29, 0.717) is 23.5 Å². The Morgan fingerprint density at radius 1 is 0.742 bits per heavy atom. The number of rotatable bonds is 3. The number of carbonyl (C=O) groups excluding carboxylic acids is 1. The highest BCUT2D eigenvalue weighted by molar-refractivity contribution is 6.04. The van der Waals surface area contributed by atoms with Gasteiger partial charge in [-0.15, -0.1) is 0 Å². The van der Waals surface area contributed by atoms with Crippen molar-refractivity contribution in [2.45, 2.75) is 101 Å². The minimum absolute atomic E-state index is 0.368. The van der Waals surface area contributed by atoms with E-state index in [-0.39, 0.29) is 0 Å². The molecular formula is C30H34O. The van der Waals surface area contributed by atoms with E-state index in [4.69, 9.17) is 0 Å². The predicted molar refractivity (Wildman–Crippen MR) is 126 cm³/mol. The van der Waals surface area contributed by atoms with Gasteiger partial charge in [-0.05, 0) is 95.2 Å². The summed E-state index contributed by atoms with van der Waals surface area (Å²) in [5.74, 6) is 1.85. The second-order valence-corrected chi connectivity index (χ2v) is 11.3. The first-order valence-corrected chi connectivity index (χ1v) is 13.1. The van der Waals surface area contributed by atoms with Gasteiger partial charge in [-0.3, -0.25) is 4.79 Å². The minimum Gasteiger partial charge on any atom is -0.294 e. The topological polar surface area (TPSA) is 17.1 Å². The van der Waals surface area contributed by atoms with Crippen molar-refractivity contribution in [1.82, 2.24) is 0 Å². The van der Waals surface area contributed by atoms with Crippen molar-refractivity contribution in [1.29, 1.82) is 0 Å². The number of fused-ring (bicyclic) bond motifs is 8. The van der Waals surface area contributed by atoms with Crippen LogP contribution < -0.4 is 0 Å². The summed E-state index contributed by atoms with van der Waals surface area (Å²) in [7, 11) is 0. The predicted octanol–water partition coefficient (Wildman–Crippen LogP) is 7.66. The van der Waals surface area contributed by atoms with E-state index in [9.17, 15) is 4.79 Å². The Morgan fingerprint density at radius 2 is 1.48 bits per heavy atom. The number of hydrogen-bond acceptors (Lipinski definition) is 1. The van der Waals surface area contributed by atoms with Crippen LogP contribution in [0.15, 0.2) is 24.3 Å². The van der Waals surface area contributed by atoms with Crippen LogP contribution in [-0.2, 0) is 18.3 Å². The fraction of sp³-hybridized carbons (Fsp3) is 0.567. The molecule has 2 saturated carbocycles. The summed E-state index contributed by atoms with van der Waals surface area (Å²) in [6.07, 6.45) is 18.4. The normalized spacial score (nSPS) is 25.3. The molecule has 0 radical (unpaired) electrons. The molecular weight excluding hydrogens is 376 g/mol. The zero-order chi connectivity index (χ0) is 20.6. The molecule has 2 aromatic rings. The first kappa shape index (κ1) is 18.7. The van der Waals surface area contributed by atoms with Gasteiger partial charge in [0.25, 0.3) is 0 Å². The Hall–Kier alpha value is -1.89. The summed E-state index contributed by atoms with van der Waals surface area (Å²) >= 11 is 0. The summed E-state index contributed by atoms with van der Waals surface area (Å²) in [5.41, 5.74) is 12.6. The van der Waals surface area contributed by atoms with Gasteiger partial charge >= 0.3 is 0 Å². The molecule has 1 unspecified atom stereocenters. The maximum Gasteiger partial charge on any atom is 0.163 e. The zero-order valence-electron chi connectivity index (χ0n) is 18.8. The molecule has 5 aliphatic rings. The second kappa shape index (κ2) is 6.80.